The van der Waals surface area contributed by atoms with Gasteiger partial charge in [-0.05, 0) is 18.2 Å². The van der Waals surface area contributed by atoms with E-state index in [1.165, 1.54) is 5.70 Å². The molecule has 0 radical (unpaired) electrons. The van der Waals surface area contributed by atoms with Gasteiger partial charge in [-0.2, -0.15) is 14.0 Å². The van der Waals surface area contributed by atoms with E-state index in [4.69, 9.17) is 18.6 Å². The van der Waals surface area contributed by atoms with E-state index in [1.54, 1.807) is 0 Å². The quantitative estimate of drug-likeness (QED) is 0.506. The van der Waals surface area contributed by atoms with Crippen molar-refractivity contribution in [2.24, 2.45) is 0 Å². The van der Waals surface area contributed by atoms with Gasteiger partial charge in [-0.25, -0.2) is 0 Å². The topological polar surface area (TPSA) is 92.7 Å². The summed E-state index contributed by atoms with van der Waals surface area (Å²) in [6, 6.07) is 0. The minimum absolute atomic E-state index is 1.01. The molecule has 0 saturated carbocycles. The van der Waals surface area contributed by atoms with Crippen molar-refractivity contribution in [3.05, 3.63) is 48.4 Å². The van der Waals surface area contributed by atoms with Gasteiger partial charge in [0.1, 0.15) is 0 Å². The highest BCUT2D eigenvalue weighted by Gasteiger charge is 2.05. The third kappa shape index (κ3) is 5.36. The number of nitrogens with zero attached hydrogens (tertiary/aromatic N) is 1. The molecule has 5 nitrogen and oxygen atoms in total. The summed E-state index contributed by atoms with van der Waals surface area (Å²) in [6.45, 7) is 1.01. The zero-order valence-corrected chi connectivity index (χ0v) is 8.50. The number of allylic oxidation sites excluding steroid dienone is 5. The number of hydrogen-bond donors (Lipinski definition) is 1. The molecule has 2 heterocycles. The fraction of sp³-hybridized carbons (Fsp3) is 0.111. The predicted octanol–water partition coefficient (Wildman–Crippen LogP) is -2.30. The van der Waals surface area contributed by atoms with Crippen molar-refractivity contribution >= 4 is 0 Å². The first-order chi connectivity index (χ1) is 6.97. The maximum Gasteiger partial charge on any atom is 0.0777 e. The van der Waals surface area contributed by atoms with Gasteiger partial charge in [0, 0.05) is 18.4 Å². The third-order valence-corrected chi connectivity index (χ3v) is 1.68. The summed E-state index contributed by atoms with van der Waals surface area (Å²) in [7, 11) is -4.69. The third-order valence-electron chi connectivity index (χ3n) is 1.68. The molecule has 0 unspecified atom stereocenters. The molecule has 0 fully saturated rings. The van der Waals surface area contributed by atoms with Gasteiger partial charge in [0.15, 0.2) is 0 Å². The average Bonchev–Trinajstić information content (AvgIpc) is 2.16. The van der Waals surface area contributed by atoms with Crippen LogP contribution < -0.4 is 14.0 Å². The molecule has 0 saturated heterocycles. The highest BCUT2D eigenvalue weighted by atomic mass is 35.7. The first-order valence-corrected chi connectivity index (χ1v) is 5.35. The summed E-state index contributed by atoms with van der Waals surface area (Å²) in [5, 5.41) is 0. The Hall–Kier alpha value is -1.11. The highest BCUT2D eigenvalue weighted by Crippen LogP contribution is 2.14. The molecular formula is C9H10ClNO4. The van der Waals surface area contributed by atoms with Crippen LogP contribution in [0.3, 0.4) is 0 Å². The lowest BCUT2D eigenvalue weighted by molar-refractivity contribution is -1.92. The van der Waals surface area contributed by atoms with Crippen LogP contribution in [0.4, 0.5) is 0 Å². The monoisotopic (exact) mass is 231 g/mol. The molecule has 6 heteroatoms. The van der Waals surface area contributed by atoms with Gasteiger partial charge < -0.3 is 4.90 Å². The van der Waals surface area contributed by atoms with Gasteiger partial charge in [-0.1, -0.05) is 18.2 Å². The zero-order chi connectivity index (χ0) is 11.3. The van der Waals surface area contributed by atoms with E-state index in [-0.39, 0.29) is 0 Å². The Morgan fingerprint density at radius 3 is 2.47 bits per heavy atom. The molecule has 0 aromatic rings. The smallest absolute Gasteiger partial charge is 0.0777 e. The second kappa shape index (κ2) is 5.11. The molecule has 0 bridgehead atoms. The fourth-order valence-electron chi connectivity index (χ4n) is 1.15. The Morgan fingerprint density at radius 2 is 1.87 bits per heavy atom. The molecular weight excluding hydrogens is 222 g/mol. The first kappa shape index (κ1) is 12.0. The first-order valence-electron chi connectivity index (χ1n) is 4.08. The van der Waals surface area contributed by atoms with Gasteiger partial charge in [0.05, 0.1) is 14.9 Å². The van der Waals surface area contributed by atoms with E-state index in [2.05, 4.69) is 47.6 Å². The minimum atomic E-state index is -4.69. The van der Waals surface area contributed by atoms with E-state index < -0.39 is 10.2 Å². The van der Waals surface area contributed by atoms with Crippen LogP contribution in [-0.2, 0) is 0 Å². The molecule has 0 amide bonds. The molecule has 0 atom stereocenters. The van der Waals surface area contributed by atoms with Crippen molar-refractivity contribution in [2.45, 2.75) is 0 Å². The van der Waals surface area contributed by atoms with Crippen molar-refractivity contribution in [2.75, 3.05) is 6.54 Å². The standard InChI is InChI=1S/C9H9N.ClHO4/c1-3-7-10-8-4-2-6-9(10)5-1;2-1(3,4)5/h1-7H,8H2;(H,2,3,4,5). The second-order valence-electron chi connectivity index (χ2n) is 2.77. The van der Waals surface area contributed by atoms with Crippen LogP contribution in [0.25, 0.3) is 0 Å². The lowest BCUT2D eigenvalue weighted by Gasteiger charge is -2.23. The Bertz CT molecular complexity index is 321. The predicted molar refractivity (Wildman–Crippen MR) is 44.4 cm³/mol. The number of rotatable bonds is 0. The summed E-state index contributed by atoms with van der Waals surface area (Å²) in [4.78, 5) is 2.21. The zero-order valence-electron chi connectivity index (χ0n) is 7.75. The second-order valence-corrected chi connectivity index (χ2v) is 3.56. The average molecular weight is 232 g/mol. The van der Waals surface area contributed by atoms with Crippen LogP contribution in [0.15, 0.2) is 48.4 Å². The molecule has 0 aromatic carbocycles. The molecule has 2 aliphatic heterocycles. The molecule has 15 heavy (non-hydrogen) atoms. The summed E-state index contributed by atoms with van der Waals surface area (Å²) < 4.78 is 32.7. The lowest BCUT2D eigenvalue weighted by Crippen LogP contribution is -2.58. The highest BCUT2D eigenvalue weighted by molar-refractivity contribution is 5.33. The van der Waals surface area contributed by atoms with Gasteiger partial charge in [-0.15, -0.1) is 0 Å². The number of hydrogen-bond acceptors (Lipinski definition) is 5. The molecule has 2 rings (SSSR count). The Balaban J connectivity index is 0.000000195. The van der Waals surface area contributed by atoms with E-state index in [0.717, 1.165) is 6.54 Å². The summed E-state index contributed by atoms with van der Waals surface area (Å²) in [6.07, 6.45) is 14.7. The number of fused-ring (bicyclic) bond motifs is 1. The van der Waals surface area contributed by atoms with Crippen LogP contribution in [0.5, 0.6) is 0 Å². The van der Waals surface area contributed by atoms with Crippen molar-refractivity contribution in [3.8, 4) is 0 Å². The molecule has 0 spiro atoms. The van der Waals surface area contributed by atoms with Crippen LogP contribution in [0.2, 0.25) is 0 Å². The Morgan fingerprint density at radius 1 is 1.20 bits per heavy atom. The Labute approximate surface area is 89.3 Å². The molecule has 0 aromatic heterocycles. The van der Waals surface area contributed by atoms with E-state index in [9.17, 15) is 0 Å². The van der Waals surface area contributed by atoms with E-state index >= 15 is 0 Å². The maximum absolute atomic E-state index is 8.60. The Kier molecular flexibility index (Phi) is 4.07. The normalized spacial score (nSPS) is 17.9. The summed E-state index contributed by atoms with van der Waals surface area (Å²) in [5.74, 6) is 0. The minimum Gasteiger partial charge on any atom is -0.344 e. The van der Waals surface area contributed by atoms with Crippen LogP contribution >= 0.6 is 0 Å². The van der Waals surface area contributed by atoms with E-state index in [0.29, 0.717) is 0 Å². The summed E-state index contributed by atoms with van der Waals surface area (Å²) >= 11 is 0. The van der Waals surface area contributed by atoms with Crippen LogP contribution in [0.1, 0.15) is 0 Å². The van der Waals surface area contributed by atoms with Gasteiger partial charge in [-0.3, -0.25) is 0 Å². The van der Waals surface area contributed by atoms with E-state index in [1.807, 2.05) is 0 Å². The fourth-order valence-corrected chi connectivity index (χ4v) is 1.15. The van der Waals surface area contributed by atoms with Crippen LogP contribution in [-0.4, -0.2) is 16.1 Å². The summed E-state index contributed by atoms with van der Waals surface area (Å²) in [5.41, 5.74) is 1.28. The van der Waals surface area contributed by atoms with Gasteiger partial charge >= 0.3 is 0 Å². The molecule has 0 aliphatic carbocycles. The van der Waals surface area contributed by atoms with Crippen molar-refractivity contribution < 1.29 is 28.9 Å². The molecule has 82 valence electrons. The molecule has 1 N–H and O–H groups in total. The van der Waals surface area contributed by atoms with Crippen molar-refractivity contribution in [1.29, 1.82) is 0 Å². The van der Waals surface area contributed by atoms with Crippen LogP contribution in [0, 0.1) is 10.2 Å². The number of halogens is 1. The van der Waals surface area contributed by atoms with Gasteiger partial charge in [0.25, 0.3) is 0 Å². The maximum atomic E-state index is 8.60. The SMILES string of the molecule is C1=CCN2C=CC=CC2=C1.[O-][Cl+3]([O-])([O-])O. The van der Waals surface area contributed by atoms with Gasteiger partial charge in [0.2, 0.25) is 0 Å². The van der Waals surface area contributed by atoms with Crippen molar-refractivity contribution in [1.82, 2.24) is 4.90 Å². The largest absolute Gasteiger partial charge is 0.344 e. The molecule has 2 aliphatic rings. The van der Waals surface area contributed by atoms with Crippen molar-refractivity contribution in [3.63, 3.8) is 0 Å². The lowest BCUT2D eigenvalue weighted by atomic mass is 10.2.